The Morgan fingerprint density at radius 2 is 2.38 bits per heavy atom. The van der Waals surface area contributed by atoms with Gasteiger partial charge in [-0.3, -0.25) is 0 Å². The van der Waals surface area contributed by atoms with Gasteiger partial charge in [-0.25, -0.2) is 4.98 Å². The molecule has 1 aromatic heterocycles. The van der Waals surface area contributed by atoms with Crippen molar-refractivity contribution in [3.05, 3.63) is 29.0 Å². The first-order valence-corrected chi connectivity index (χ1v) is 4.31. The van der Waals surface area contributed by atoms with Crippen molar-refractivity contribution < 1.29 is 5.11 Å². The number of aromatic nitrogens is 1. The number of hydrogen-bond donors (Lipinski definition) is 1. The summed E-state index contributed by atoms with van der Waals surface area (Å²) in [6, 6.07) is 3.40. The Kier molecular flexibility index (Phi) is 3.75. The van der Waals surface area contributed by atoms with Crippen molar-refractivity contribution >= 4 is 11.6 Å². The molecule has 1 unspecified atom stereocenters. The molecule has 2 nitrogen and oxygen atoms in total. The lowest BCUT2D eigenvalue weighted by Crippen LogP contribution is -1.96. The van der Waals surface area contributed by atoms with Gasteiger partial charge in [0, 0.05) is 12.6 Å². The molecule has 0 saturated heterocycles. The molecular formula is C10H10ClNO. The second-order valence-electron chi connectivity index (χ2n) is 2.56. The van der Waals surface area contributed by atoms with Crippen molar-refractivity contribution in [2.45, 2.75) is 19.4 Å². The van der Waals surface area contributed by atoms with Crippen LogP contribution in [-0.2, 0) is 0 Å². The summed E-state index contributed by atoms with van der Waals surface area (Å²) in [5, 5.41) is 9.99. The third-order valence-electron chi connectivity index (χ3n) is 1.61. The standard InChI is InChI=1S/C10H10ClNO/c1-2-3-4-9(13)8-5-6-10(11)12-7-8/h5-7,9,13H,4H2,1H3. The minimum absolute atomic E-state index is 0.428. The maximum atomic E-state index is 9.56. The molecule has 1 rings (SSSR count). The van der Waals surface area contributed by atoms with E-state index in [1.807, 2.05) is 0 Å². The van der Waals surface area contributed by atoms with Gasteiger partial charge < -0.3 is 5.11 Å². The van der Waals surface area contributed by atoms with E-state index in [4.69, 9.17) is 11.6 Å². The van der Waals surface area contributed by atoms with Crippen molar-refractivity contribution in [2.75, 3.05) is 0 Å². The number of pyridine rings is 1. The fraction of sp³-hybridized carbons (Fsp3) is 0.300. The lowest BCUT2D eigenvalue weighted by molar-refractivity contribution is 0.183. The summed E-state index contributed by atoms with van der Waals surface area (Å²) in [6.45, 7) is 1.74. The molecule has 68 valence electrons. The van der Waals surface area contributed by atoms with Crippen LogP contribution < -0.4 is 0 Å². The fourth-order valence-electron chi connectivity index (χ4n) is 0.901. The predicted molar refractivity (Wildman–Crippen MR) is 52.3 cm³/mol. The molecule has 0 aromatic carbocycles. The Morgan fingerprint density at radius 1 is 1.62 bits per heavy atom. The van der Waals surface area contributed by atoms with Gasteiger partial charge in [0.2, 0.25) is 0 Å². The van der Waals surface area contributed by atoms with Gasteiger partial charge in [0.25, 0.3) is 0 Å². The molecule has 1 atom stereocenters. The number of hydrogen-bond acceptors (Lipinski definition) is 2. The quantitative estimate of drug-likeness (QED) is 0.580. The van der Waals surface area contributed by atoms with E-state index in [1.165, 1.54) is 0 Å². The summed E-state index contributed by atoms with van der Waals surface area (Å²) < 4.78 is 0. The van der Waals surface area contributed by atoms with Crippen LogP contribution in [0.4, 0.5) is 0 Å². The van der Waals surface area contributed by atoms with E-state index in [9.17, 15) is 5.11 Å². The molecule has 0 amide bonds. The van der Waals surface area contributed by atoms with Crippen LogP contribution in [0.2, 0.25) is 5.15 Å². The van der Waals surface area contributed by atoms with Gasteiger partial charge in [-0.05, 0) is 18.6 Å². The Morgan fingerprint density at radius 3 is 2.92 bits per heavy atom. The second-order valence-corrected chi connectivity index (χ2v) is 2.95. The minimum Gasteiger partial charge on any atom is -0.387 e. The number of aliphatic hydroxyl groups excluding tert-OH is 1. The summed E-state index contributed by atoms with van der Waals surface area (Å²) in [6.07, 6.45) is 1.42. The maximum Gasteiger partial charge on any atom is 0.129 e. The number of aliphatic hydroxyl groups is 1. The number of rotatable bonds is 2. The monoisotopic (exact) mass is 195 g/mol. The van der Waals surface area contributed by atoms with Gasteiger partial charge in [-0.2, -0.15) is 0 Å². The first-order chi connectivity index (χ1) is 6.24. The molecule has 0 radical (unpaired) electrons. The van der Waals surface area contributed by atoms with Crippen LogP contribution in [0.15, 0.2) is 18.3 Å². The van der Waals surface area contributed by atoms with E-state index in [2.05, 4.69) is 16.8 Å². The third-order valence-corrected chi connectivity index (χ3v) is 1.83. The summed E-state index contributed by atoms with van der Waals surface area (Å²) in [4.78, 5) is 3.87. The normalized spacial score (nSPS) is 11.6. The summed E-state index contributed by atoms with van der Waals surface area (Å²) in [7, 11) is 0. The highest BCUT2D eigenvalue weighted by atomic mass is 35.5. The van der Waals surface area contributed by atoms with Gasteiger partial charge in [-0.1, -0.05) is 17.7 Å². The Bertz CT molecular complexity index is 323. The van der Waals surface area contributed by atoms with E-state index in [1.54, 1.807) is 25.3 Å². The smallest absolute Gasteiger partial charge is 0.129 e. The molecule has 1 N–H and O–H groups in total. The van der Waals surface area contributed by atoms with Gasteiger partial charge >= 0.3 is 0 Å². The van der Waals surface area contributed by atoms with Gasteiger partial charge in [0.05, 0.1) is 6.10 Å². The molecule has 0 saturated carbocycles. The highest BCUT2D eigenvalue weighted by Crippen LogP contribution is 2.16. The average Bonchev–Trinajstić information content (AvgIpc) is 2.15. The topological polar surface area (TPSA) is 33.1 Å². The summed E-state index contributed by atoms with van der Waals surface area (Å²) in [5.74, 6) is 5.52. The van der Waals surface area contributed by atoms with E-state index in [0.29, 0.717) is 11.6 Å². The first-order valence-electron chi connectivity index (χ1n) is 3.93. The van der Waals surface area contributed by atoms with Gasteiger partial charge in [0.15, 0.2) is 0 Å². The molecule has 1 heterocycles. The lowest BCUT2D eigenvalue weighted by Gasteiger charge is -2.05. The molecule has 13 heavy (non-hydrogen) atoms. The van der Waals surface area contributed by atoms with Crippen molar-refractivity contribution in [3.63, 3.8) is 0 Å². The van der Waals surface area contributed by atoms with Crippen LogP contribution in [0.3, 0.4) is 0 Å². The highest BCUT2D eigenvalue weighted by molar-refractivity contribution is 6.29. The minimum atomic E-state index is -0.572. The molecule has 1 aromatic rings. The molecule has 3 heteroatoms. The van der Waals surface area contributed by atoms with Gasteiger partial charge in [0.1, 0.15) is 5.15 Å². The van der Waals surface area contributed by atoms with Crippen molar-refractivity contribution in [3.8, 4) is 11.8 Å². The average molecular weight is 196 g/mol. The Balaban J connectivity index is 2.69. The van der Waals surface area contributed by atoms with Crippen molar-refractivity contribution in [2.24, 2.45) is 0 Å². The summed E-state index contributed by atoms with van der Waals surface area (Å²) >= 11 is 5.60. The highest BCUT2D eigenvalue weighted by Gasteiger charge is 2.05. The zero-order chi connectivity index (χ0) is 9.68. The SMILES string of the molecule is CC#CCC(O)c1ccc(Cl)nc1. The molecule has 0 bridgehead atoms. The van der Waals surface area contributed by atoms with Crippen LogP contribution in [0, 0.1) is 11.8 Å². The lowest BCUT2D eigenvalue weighted by atomic mass is 10.1. The zero-order valence-electron chi connectivity index (χ0n) is 7.29. The number of nitrogens with zero attached hydrogens (tertiary/aromatic N) is 1. The third kappa shape index (κ3) is 3.06. The maximum absolute atomic E-state index is 9.56. The molecule has 0 aliphatic rings. The number of halogens is 1. The van der Waals surface area contributed by atoms with E-state index >= 15 is 0 Å². The molecule has 0 aliphatic heterocycles. The Labute approximate surface area is 82.6 Å². The van der Waals surface area contributed by atoms with Crippen LogP contribution in [0.1, 0.15) is 25.0 Å². The van der Waals surface area contributed by atoms with Crippen LogP contribution in [0.5, 0.6) is 0 Å². The Hall–Kier alpha value is -1.04. The van der Waals surface area contributed by atoms with E-state index in [-0.39, 0.29) is 0 Å². The van der Waals surface area contributed by atoms with Gasteiger partial charge in [-0.15, -0.1) is 11.8 Å². The molecular weight excluding hydrogens is 186 g/mol. The molecule has 0 aliphatic carbocycles. The second kappa shape index (κ2) is 4.86. The largest absolute Gasteiger partial charge is 0.387 e. The fourth-order valence-corrected chi connectivity index (χ4v) is 1.01. The predicted octanol–water partition coefficient (Wildman–Crippen LogP) is 2.18. The van der Waals surface area contributed by atoms with E-state index < -0.39 is 6.10 Å². The van der Waals surface area contributed by atoms with Crippen LogP contribution in [-0.4, -0.2) is 10.1 Å². The molecule has 0 fully saturated rings. The molecule has 0 spiro atoms. The van der Waals surface area contributed by atoms with Crippen molar-refractivity contribution in [1.82, 2.24) is 4.98 Å². The van der Waals surface area contributed by atoms with E-state index in [0.717, 1.165) is 5.56 Å². The van der Waals surface area contributed by atoms with Crippen LogP contribution >= 0.6 is 11.6 Å². The summed E-state index contributed by atoms with van der Waals surface area (Å²) in [5.41, 5.74) is 0.743. The first kappa shape index (κ1) is 10.0. The van der Waals surface area contributed by atoms with Crippen molar-refractivity contribution in [1.29, 1.82) is 0 Å². The zero-order valence-corrected chi connectivity index (χ0v) is 8.04. The van der Waals surface area contributed by atoms with Crippen LogP contribution in [0.25, 0.3) is 0 Å².